The summed E-state index contributed by atoms with van der Waals surface area (Å²) in [5, 5.41) is 6.26. The van der Waals surface area contributed by atoms with E-state index in [-0.39, 0.29) is 36.2 Å². The highest BCUT2D eigenvalue weighted by Crippen LogP contribution is 2.18. The molecule has 0 spiro atoms. The van der Waals surface area contributed by atoms with E-state index in [2.05, 4.69) is 15.6 Å². The molecule has 2 aromatic rings. The monoisotopic (exact) mass is 546 g/mol. The number of hydrogen-bond donors (Lipinski definition) is 4. The first kappa shape index (κ1) is 29.6. The second-order valence-electron chi connectivity index (χ2n) is 10.6. The number of carbonyl (C=O) groups excluding carboxylic acids is 2. The molecule has 1 aliphatic heterocycles. The zero-order valence-electron chi connectivity index (χ0n) is 22.1. The van der Waals surface area contributed by atoms with Gasteiger partial charge < -0.3 is 26.6 Å². The number of nitrogens with zero attached hydrogens (tertiary/aromatic N) is 4. The van der Waals surface area contributed by atoms with Crippen LogP contribution < -0.4 is 27.8 Å². The molecule has 11 nitrogen and oxygen atoms in total. The van der Waals surface area contributed by atoms with Crippen molar-refractivity contribution in [3.05, 3.63) is 52.6 Å². The molecule has 6 N–H and O–H groups in total. The van der Waals surface area contributed by atoms with E-state index < -0.39 is 11.2 Å². The molecule has 1 aromatic heterocycles. The van der Waals surface area contributed by atoms with E-state index in [0.29, 0.717) is 37.9 Å². The molecule has 3 amide bonds. The maximum absolute atomic E-state index is 12.7. The van der Waals surface area contributed by atoms with Gasteiger partial charge in [0.2, 0.25) is 5.91 Å². The SMILES string of the molecule is CC(C)(N)C(=O)N1CCN(C(=O)Nc2ccn(-c3ccc(CNC4CCCC(N)C4)cc3)c(=O)n2)CC1.Cl. The van der Waals surface area contributed by atoms with Gasteiger partial charge in [0.05, 0.1) is 11.2 Å². The molecule has 2 atom stereocenters. The van der Waals surface area contributed by atoms with Gasteiger partial charge in [0.1, 0.15) is 5.82 Å². The van der Waals surface area contributed by atoms with Crippen molar-refractivity contribution < 1.29 is 9.59 Å². The number of aromatic nitrogens is 2. The Kier molecular flexibility index (Phi) is 9.88. The summed E-state index contributed by atoms with van der Waals surface area (Å²) in [6.07, 6.45) is 6.02. The van der Waals surface area contributed by atoms with Crippen LogP contribution >= 0.6 is 12.4 Å². The number of benzene rings is 1. The zero-order chi connectivity index (χ0) is 26.6. The van der Waals surface area contributed by atoms with Gasteiger partial charge in [0, 0.05) is 51.0 Å². The maximum Gasteiger partial charge on any atom is 0.354 e. The molecule has 208 valence electrons. The van der Waals surface area contributed by atoms with Crippen LogP contribution in [0.3, 0.4) is 0 Å². The summed E-state index contributed by atoms with van der Waals surface area (Å²) in [4.78, 5) is 44.9. The standard InChI is InChI=1S/C26H38N8O3.ClH/c1-26(2,28)23(35)32-12-14-33(15-13-32)24(36)30-22-10-11-34(25(37)31-22)21-8-6-18(7-9-21)17-29-20-5-3-4-19(27)16-20;/h6-11,19-20,29H,3-5,12-17,27-28H2,1-2H3,(H,30,31,36,37);1H. The summed E-state index contributed by atoms with van der Waals surface area (Å²) in [5.41, 5.74) is 12.4. The molecule has 1 aromatic carbocycles. The minimum atomic E-state index is -0.945. The number of piperazine rings is 1. The average Bonchev–Trinajstić information content (AvgIpc) is 2.87. The van der Waals surface area contributed by atoms with E-state index in [0.717, 1.165) is 37.8 Å². The highest BCUT2D eigenvalue weighted by molar-refractivity contribution is 5.89. The maximum atomic E-state index is 12.7. The summed E-state index contributed by atoms with van der Waals surface area (Å²) in [6, 6.07) is 9.71. The molecule has 0 bridgehead atoms. The number of halogens is 1. The van der Waals surface area contributed by atoms with Crippen LogP contribution in [0.25, 0.3) is 5.69 Å². The Labute approximate surface area is 229 Å². The molecule has 1 saturated carbocycles. The van der Waals surface area contributed by atoms with Crippen LogP contribution in [0.2, 0.25) is 0 Å². The average molecular weight is 547 g/mol. The fourth-order valence-corrected chi connectivity index (χ4v) is 4.83. The van der Waals surface area contributed by atoms with Crippen LogP contribution in [0.5, 0.6) is 0 Å². The molecule has 1 saturated heterocycles. The zero-order valence-corrected chi connectivity index (χ0v) is 22.9. The number of rotatable bonds is 6. The highest BCUT2D eigenvalue weighted by atomic mass is 35.5. The number of amides is 3. The van der Waals surface area contributed by atoms with Crippen molar-refractivity contribution in [1.82, 2.24) is 24.7 Å². The van der Waals surface area contributed by atoms with Gasteiger partial charge in [-0.05, 0) is 56.9 Å². The lowest BCUT2D eigenvalue weighted by Gasteiger charge is -2.37. The van der Waals surface area contributed by atoms with Gasteiger partial charge in [-0.15, -0.1) is 12.4 Å². The second-order valence-corrected chi connectivity index (χ2v) is 10.6. The van der Waals surface area contributed by atoms with Crippen LogP contribution in [-0.2, 0) is 11.3 Å². The van der Waals surface area contributed by atoms with Gasteiger partial charge in [-0.3, -0.25) is 14.7 Å². The Bertz CT molecular complexity index is 1160. The van der Waals surface area contributed by atoms with E-state index in [1.165, 1.54) is 4.57 Å². The van der Waals surface area contributed by atoms with Crippen LogP contribution in [0.1, 0.15) is 45.1 Å². The largest absolute Gasteiger partial charge is 0.354 e. The Morgan fingerprint density at radius 3 is 2.32 bits per heavy atom. The normalized spacial score (nSPS) is 20.0. The molecule has 12 heteroatoms. The van der Waals surface area contributed by atoms with E-state index >= 15 is 0 Å². The number of nitrogens with two attached hydrogens (primary N) is 2. The van der Waals surface area contributed by atoms with Gasteiger partial charge in [0.15, 0.2) is 0 Å². The number of anilines is 1. The lowest BCUT2D eigenvalue weighted by molar-refractivity contribution is -0.137. The third-order valence-corrected chi connectivity index (χ3v) is 6.97. The molecule has 2 heterocycles. The molecule has 2 aliphatic rings. The minimum absolute atomic E-state index is 0. The van der Waals surface area contributed by atoms with Crippen LogP contribution in [-0.4, -0.2) is 75.1 Å². The van der Waals surface area contributed by atoms with Crippen molar-refractivity contribution >= 4 is 30.2 Å². The summed E-state index contributed by atoms with van der Waals surface area (Å²) < 4.78 is 1.44. The fourth-order valence-electron chi connectivity index (χ4n) is 4.83. The lowest BCUT2D eigenvalue weighted by Crippen LogP contribution is -2.58. The van der Waals surface area contributed by atoms with Gasteiger partial charge in [-0.2, -0.15) is 4.98 Å². The van der Waals surface area contributed by atoms with E-state index in [1.54, 1.807) is 35.9 Å². The minimum Gasteiger partial charge on any atom is -0.338 e. The predicted octanol–water partition coefficient (Wildman–Crippen LogP) is 1.43. The quantitative estimate of drug-likeness (QED) is 0.427. The van der Waals surface area contributed by atoms with Crippen molar-refractivity contribution in [2.75, 3.05) is 31.5 Å². The Morgan fingerprint density at radius 1 is 1.05 bits per heavy atom. The number of carbonyl (C=O) groups is 2. The summed E-state index contributed by atoms with van der Waals surface area (Å²) >= 11 is 0. The Morgan fingerprint density at radius 2 is 1.71 bits per heavy atom. The number of hydrogen-bond acceptors (Lipinski definition) is 7. The first-order chi connectivity index (χ1) is 17.6. The first-order valence-corrected chi connectivity index (χ1v) is 12.9. The van der Waals surface area contributed by atoms with Crippen molar-refractivity contribution in [1.29, 1.82) is 0 Å². The topological polar surface area (TPSA) is 152 Å². The van der Waals surface area contributed by atoms with Crippen molar-refractivity contribution in [2.45, 2.75) is 63.7 Å². The molecule has 1 aliphatic carbocycles. The summed E-state index contributed by atoms with van der Waals surface area (Å²) in [5.74, 6) is 0.0374. The Balaban J connectivity index is 0.00000400. The van der Waals surface area contributed by atoms with Crippen LogP contribution in [0.15, 0.2) is 41.3 Å². The van der Waals surface area contributed by atoms with Gasteiger partial charge in [-0.1, -0.05) is 18.6 Å². The van der Waals surface area contributed by atoms with Gasteiger partial charge in [-0.25, -0.2) is 9.59 Å². The van der Waals surface area contributed by atoms with E-state index in [1.807, 2.05) is 24.3 Å². The highest BCUT2D eigenvalue weighted by Gasteiger charge is 2.31. The number of nitrogens with one attached hydrogen (secondary N) is 2. The van der Waals surface area contributed by atoms with Gasteiger partial charge >= 0.3 is 11.7 Å². The van der Waals surface area contributed by atoms with E-state index in [4.69, 9.17) is 11.5 Å². The second kappa shape index (κ2) is 12.7. The lowest BCUT2D eigenvalue weighted by atomic mass is 9.91. The third-order valence-electron chi connectivity index (χ3n) is 6.97. The van der Waals surface area contributed by atoms with Crippen LogP contribution in [0.4, 0.5) is 10.6 Å². The van der Waals surface area contributed by atoms with Crippen molar-refractivity contribution in [2.24, 2.45) is 11.5 Å². The molecule has 38 heavy (non-hydrogen) atoms. The molecule has 2 unspecified atom stereocenters. The smallest absolute Gasteiger partial charge is 0.338 e. The molecular formula is C26H39ClN8O3. The fraction of sp³-hybridized carbons (Fsp3) is 0.538. The van der Waals surface area contributed by atoms with E-state index in [9.17, 15) is 14.4 Å². The molecule has 0 radical (unpaired) electrons. The summed E-state index contributed by atoms with van der Waals surface area (Å²) in [7, 11) is 0. The van der Waals surface area contributed by atoms with Gasteiger partial charge in [0.25, 0.3) is 0 Å². The van der Waals surface area contributed by atoms with Crippen molar-refractivity contribution in [3.63, 3.8) is 0 Å². The molecule has 2 fully saturated rings. The molecular weight excluding hydrogens is 508 g/mol. The van der Waals surface area contributed by atoms with Crippen molar-refractivity contribution in [3.8, 4) is 5.69 Å². The third kappa shape index (κ3) is 7.53. The first-order valence-electron chi connectivity index (χ1n) is 12.9. The number of urea groups is 1. The summed E-state index contributed by atoms with van der Waals surface area (Å²) in [6.45, 7) is 5.65. The predicted molar refractivity (Wildman–Crippen MR) is 150 cm³/mol. The Hall–Kier alpha value is -2.99. The van der Waals surface area contributed by atoms with Crippen LogP contribution in [0, 0.1) is 0 Å². The molecule has 4 rings (SSSR count).